The van der Waals surface area contributed by atoms with E-state index in [4.69, 9.17) is 0 Å². The highest BCUT2D eigenvalue weighted by atomic mass is 32.2. The topological polar surface area (TPSA) is 69.7 Å². The number of rotatable bonds is 6. The molecule has 0 bridgehead atoms. The van der Waals surface area contributed by atoms with Gasteiger partial charge >= 0.3 is 0 Å². The van der Waals surface area contributed by atoms with E-state index >= 15 is 0 Å². The van der Waals surface area contributed by atoms with Gasteiger partial charge in [-0.2, -0.15) is 4.31 Å². The van der Waals surface area contributed by atoms with Crippen LogP contribution in [-0.2, 0) is 16.4 Å². The van der Waals surface area contributed by atoms with Gasteiger partial charge in [0.2, 0.25) is 10.0 Å². The molecule has 2 heterocycles. The lowest BCUT2D eigenvalue weighted by molar-refractivity contribution is 0.102. The molecule has 0 atom stereocenters. The molecule has 2 aliphatic heterocycles. The van der Waals surface area contributed by atoms with Crippen LogP contribution in [0.15, 0.2) is 47.4 Å². The van der Waals surface area contributed by atoms with Crippen LogP contribution < -0.4 is 10.2 Å². The van der Waals surface area contributed by atoms with Crippen LogP contribution in [0.25, 0.3) is 0 Å². The van der Waals surface area contributed by atoms with Crippen molar-refractivity contribution in [1.82, 2.24) is 4.31 Å². The predicted octanol–water partition coefficient (Wildman–Crippen LogP) is 4.67. The molecule has 172 valence electrons. The second kappa shape index (κ2) is 10.0. The zero-order valence-electron chi connectivity index (χ0n) is 18.8. The molecule has 1 N–H and O–H groups in total. The number of anilines is 2. The highest BCUT2D eigenvalue weighted by Crippen LogP contribution is 2.32. The first kappa shape index (κ1) is 22.8. The van der Waals surface area contributed by atoms with Crippen molar-refractivity contribution in [2.45, 2.75) is 56.8 Å². The molecule has 0 radical (unpaired) electrons. The van der Waals surface area contributed by atoms with Crippen molar-refractivity contribution in [2.24, 2.45) is 0 Å². The quantitative estimate of drug-likeness (QED) is 0.687. The Hall–Kier alpha value is -2.38. The van der Waals surface area contributed by atoms with Gasteiger partial charge in [0.15, 0.2) is 0 Å². The van der Waals surface area contributed by atoms with E-state index in [1.54, 1.807) is 16.4 Å². The summed E-state index contributed by atoms with van der Waals surface area (Å²) in [4.78, 5) is 15.4. The summed E-state index contributed by atoms with van der Waals surface area (Å²) in [6.07, 6.45) is 6.98. The predicted molar refractivity (Wildman–Crippen MR) is 129 cm³/mol. The van der Waals surface area contributed by atoms with E-state index < -0.39 is 10.0 Å². The molecule has 2 fully saturated rings. The largest absolute Gasteiger partial charge is 0.370 e. The zero-order valence-corrected chi connectivity index (χ0v) is 19.7. The van der Waals surface area contributed by atoms with Crippen molar-refractivity contribution in [3.63, 3.8) is 0 Å². The minimum absolute atomic E-state index is 0.260. The molecule has 4 rings (SSSR count). The van der Waals surface area contributed by atoms with E-state index in [1.807, 2.05) is 30.3 Å². The number of amides is 1. The van der Waals surface area contributed by atoms with Gasteiger partial charge in [-0.3, -0.25) is 4.79 Å². The Labute approximate surface area is 191 Å². The summed E-state index contributed by atoms with van der Waals surface area (Å²) in [7, 11) is -3.67. The van der Waals surface area contributed by atoms with Crippen LogP contribution in [0.4, 0.5) is 11.4 Å². The highest BCUT2D eigenvalue weighted by Gasteiger charge is 2.31. The Morgan fingerprint density at radius 2 is 1.59 bits per heavy atom. The van der Waals surface area contributed by atoms with Crippen molar-refractivity contribution < 1.29 is 13.2 Å². The normalized spacial score (nSPS) is 17.8. The van der Waals surface area contributed by atoms with Gasteiger partial charge in [0, 0.05) is 37.4 Å². The monoisotopic (exact) mass is 455 g/mol. The molecule has 2 aromatic carbocycles. The Morgan fingerprint density at radius 1 is 0.906 bits per heavy atom. The molecule has 0 aromatic heterocycles. The van der Waals surface area contributed by atoms with Crippen LogP contribution >= 0.6 is 0 Å². The molecular weight excluding hydrogens is 422 g/mol. The van der Waals surface area contributed by atoms with Crippen LogP contribution in [-0.4, -0.2) is 44.8 Å². The van der Waals surface area contributed by atoms with Crippen molar-refractivity contribution in [1.29, 1.82) is 0 Å². The number of benzene rings is 2. The van der Waals surface area contributed by atoms with Gasteiger partial charge in [0.1, 0.15) is 4.90 Å². The first-order valence-corrected chi connectivity index (χ1v) is 13.2. The van der Waals surface area contributed by atoms with E-state index in [-0.39, 0.29) is 10.8 Å². The number of hydrogen-bond acceptors (Lipinski definition) is 4. The molecule has 2 aromatic rings. The molecule has 0 aliphatic carbocycles. The van der Waals surface area contributed by atoms with E-state index in [1.165, 1.54) is 6.42 Å². The highest BCUT2D eigenvalue weighted by molar-refractivity contribution is 7.89. The summed E-state index contributed by atoms with van der Waals surface area (Å²) in [6.45, 7) is 4.84. The van der Waals surface area contributed by atoms with Gasteiger partial charge in [0.25, 0.3) is 5.91 Å². The molecule has 0 saturated carbocycles. The fraction of sp³-hybridized carbons (Fsp3) is 0.480. The first-order chi connectivity index (χ1) is 15.5. The number of hydrogen-bond donors (Lipinski definition) is 1. The molecule has 32 heavy (non-hydrogen) atoms. The molecule has 6 nitrogen and oxygen atoms in total. The third-order valence-corrected chi connectivity index (χ3v) is 8.37. The lowest BCUT2D eigenvalue weighted by Crippen LogP contribution is -2.37. The number of sulfonamides is 1. The van der Waals surface area contributed by atoms with Crippen LogP contribution in [0.1, 0.15) is 61.4 Å². The molecular formula is C25H33N3O3S. The molecule has 7 heteroatoms. The van der Waals surface area contributed by atoms with Crippen molar-refractivity contribution >= 4 is 27.3 Å². The number of carbonyl (C=O) groups excluding carboxylic acids is 1. The average Bonchev–Trinajstić information content (AvgIpc) is 2.85. The maximum atomic E-state index is 13.6. The smallest absolute Gasteiger partial charge is 0.255 e. The summed E-state index contributed by atoms with van der Waals surface area (Å²) in [5.41, 5.74) is 2.94. The minimum Gasteiger partial charge on any atom is -0.370 e. The zero-order chi connectivity index (χ0) is 22.6. The molecule has 0 spiro atoms. The van der Waals surface area contributed by atoms with Gasteiger partial charge in [-0.25, -0.2) is 8.42 Å². The van der Waals surface area contributed by atoms with Crippen LogP contribution in [0.3, 0.4) is 0 Å². The number of carbonyl (C=O) groups is 1. The molecule has 2 saturated heterocycles. The SMILES string of the molecule is CCc1cccc(NC(=O)c2ccc(N3CCCCC3)c(S(=O)(=O)N3CCCCC3)c2)c1. The number of piperidine rings is 2. The molecule has 1 amide bonds. The lowest BCUT2D eigenvalue weighted by Gasteiger charge is -2.33. The minimum atomic E-state index is -3.67. The van der Waals surface area contributed by atoms with E-state index in [9.17, 15) is 13.2 Å². The summed E-state index contributed by atoms with van der Waals surface area (Å²) >= 11 is 0. The summed E-state index contributed by atoms with van der Waals surface area (Å²) in [5, 5.41) is 2.93. The Kier molecular flexibility index (Phi) is 7.16. The summed E-state index contributed by atoms with van der Waals surface area (Å²) in [5.74, 6) is -0.293. The van der Waals surface area contributed by atoms with Gasteiger partial charge in [-0.1, -0.05) is 25.5 Å². The average molecular weight is 456 g/mol. The second-order valence-corrected chi connectivity index (χ2v) is 10.6. The van der Waals surface area contributed by atoms with E-state index in [2.05, 4.69) is 17.1 Å². The Balaban J connectivity index is 1.68. The standard InChI is InChI=1S/C25H33N3O3S/c1-2-20-10-9-11-22(18-20)26-25(29)21-12-13-23(27-14-5-3-6-15-27)24(19-21)32(30,31)28-16-7-4-8-17-28/h9-13,18-19H,2-8,14-17H2,1H3,(H,26,29). The maximum Gasteiger partial charge on any atom is 0.255 e. The van der Waals surface area contributed by atoms with Gasteiger partial charge < -0.3 is 10.2 Å². The van der Waals surface area contributed by atoms with E-state index in [0.717, 1.165) is 68.6 Å². The second-order valence-electron chi connectivity index (χ2n) is 8.70. The maximum absolute atomic E-state index is 13.6. The fourth-order valence-corrected chi connectivity index (χ4v) is 6.33. The van der Waals surface area contributed by atoms with Crippen molar-refractivity contribution in [3.05, 3.63) is 53.6 Å². The van der Waals surface area contributed by atoms with Crippen molar-refractivity contribution in [2.75, 3.05) is 36.4 Å². The van der Waals surface area contributed by atoms with E-state index in [0.29, 0.717) is 18.7 Å². The fourth-order valence-electron chi connectivity index (χ4n) is 4.57. The molecule has 0 unspecified atom stereocenters. The third-order valence-electron chi connectivity index (χ3n) is 6.44. The number of nitrogens with zero attached hydrogens (tertiary/aromatic N) is 2. The Morgan fingerprint density at radius 3 is 2.28 bits per heavy atom. The van der Waals surface area contributed by atoms with Gasteiger partial charge in [0.05, 0.1) is 5.69 Å². The van der Waals surface area contributed by atoms with Crippen molar-refractivity contribution in [3.8, 4) is 0 Å². The summed E-state index contributed by atoms with van der Waals surface area (Å²) < 4.78 is 28.9. The van der Waals surface area contributed by atoms with Gasteiger partial charge in [-0.15, -0.1) is 0 Å². The van der Waals surface area contributed by atoms with Crippen LogP contribution in [0.5, 0.6) is 0 Å². The Bertz CT molecular complexity index is 1060. The van der Waals surface area contributed by atoms with Crippen LogP contribution in [0, 0.1) is 0 Å². The molecule has 2 aliphatic rings. The number of nitrogens with one attached hydrogen (secondary N) is 1. The summed E-state index contributed by atoms with van der Waals surface area (Å²) in [6, 6.07) is 12.9. The lowest BCUT2D eigenvalue weighted by atomic mass is 10.1. The van der Waals surface area contributed by atoms with Crippen LogP contribution in [0.2, 0.25) is 0 Å². The first-order valence-electron chi connectivity index (χ1n) is 11.8. The number of aryl methyl sites for hydroxylation is 1. The van der Waals surface area contributed by atoms with Gasteiger partial charge in [-0.05, 0) is 74.4 Å². The third kappa shape index (κ3) is 4.99.